The minimum Gasteiger partial charge on any atom is -0.748 e. The number of aromatic nitrogens is 2. The Morgan fingerprint density at radius 2 is 1.88 bits per heavy atom. The molecule has 0 amide bonds. The molecule has 25 heavy (non-hydrogen) atoms. The van der Waals surface area contributed by atoms with Crippen molar-refractivity contribution < 1.29 is 27.0 Å². The van der Waals surface area contributed by atoms with Gasteiger partial charge in [-0.1, -0.05) is 5.56 Å². The monoisotopic (exact) mass is 379 g/mol. The Balaban J connectivity index is 0.000000448. The third kappa shape index (κ3) is 6.10. The summed E-state index contributed by atoms with van der Waals surface area (Å²) >= 11 is 0. The SMILES string of the molecule is C=C([c-]1cccc1)N(C)C(Cc1cnc[nH]1)C(=O)O.[Fe].[cH-]1[cH-][cH-][cH-][cH-]1. The number of imidazole rings is 1. The first-order chi connectivity index (χ1) is 11.6. The smallest absolute Gasteiger partial charge is 0.326 e. The summed E-state index contributed by atoms with van der Waals surface area (Å²) < 4.78 is 0. The third-order valence-electron chi connectivity index (χ3n) is 3.70. The minimum absolute atomic E-state index is 0. The molecule has 0 radical (unpaired) electrons. The maximum Gasteiger partial charge on any atom is 0.326 e. The van der Waals surface area contributed by atoms with Crippen LogP contribution >= 0.6 is 0 Å². The number of nitrogens with zero attached hydrogens (tertiary/aromatic N) is 2. The first kappa shape index (κ1) is 20.5. The summed E-state index contributed by atoms with van der Waals surface area (Å²) in [6.07, 6.45) is 3.53. The molecule has 5 nitrogen and oxygen atoms in total. The molecule has 0 aliphatic carbocycles. The number of carbonyl (C=O) groups is 1. The zero-order chi connectivity index (χ0) is 17.4. The largest absolute Gasteiger partial charge is 0.748 e. The molecule has 0 fully saturated rings. The van der Waals surface area contributed by atoms with Gasteiger partial charge in [0.1, 0.15) is 6.04 Å². The van der Waals surface area contributed by atoms with E-state index >= 15 is 0 Å². The van der Waals surface area contributed by atoms with Crippen molar-refractivity contribution in [2.24, 2.45) is 0 Å². The molecule has 0 aliphatic rings. The van der Waals surface area contributed by atoms with E-state index < -0.39 is 12.0 Å². The van der Waals surface area contributed by atoms with Gasteiger partial charge in [-0.15, -0.1) is 18.7 Å². The van der Waals surface area contributed by atoms with E-state index in [0.717, 1.165) is 11.3 Å². The Kier molecular flexibility index (Phi) is 8.47. The number of hydrogen-bond donors (Lipinski definition) is 2. The molecule has 1 atom stereocenters. The quantitative estimate of drug-likeness (QED) is 0.510. The van der Waals surface area contributed by atoms with E-state index in [-0.39, 0.29) is 17.1 Å². The van der Waals surface area contributed by atoms with Gasteiger partial charge >= 0.3 is 5.97 Å². The summed E-state index contributed by atoms with van der Waals surface area (Å²) in [7, 11) is 1.74. The van der Waals surface area contributed by atoms with Gasteiger partial charge in [-0.2, -0.15) is 12.1 Å². The molecule has 138 valence electrons. The first-order valence-electron chi connectivity index (χ1n) is 7.60. The molecule has 3 aromatic rings. The second-order valence-electron chi connectivity index (χ2n) is 5.33. The average Bonchev–Trinajstić information content (AvgIpc) is 3.36. The summed E-state index contributed by atoms with van der Waals surface area (Å²) in [6, 6.07) is 16.9. The third-order valence-corrected chi connectivity index (χ3v) is 3.70. The molecule has 0 bridgehead atoms. The van der Waals surface area contributed by atoms with Crippen LogP contribution in [0.3, 0.4) is 0 Å². The summed E-state index contributed by atoms with van der Waals surface area (Å²) in [5.74, 6) is -0.884. The van der Waals surface area contributed by atoms with E-state index in [1.807, 2.05) is 54.6 Å². The van der Waals surface area contributed by atoms with Crippen LogP contribution in [0, 0.1) is 0 Å². The average molecular weight is 379 g/mol. The predicted octanol–water partition coefficient (Wildman–Crippen LogP) is 3.13. The van der Waals surface area contributed by atoms with Crippen molar-refractivity contribution in [3.63, 3.8) is 0 Å². The van der Waals surface area contributed by atoms with Gasteiger partial charge < -0.3 is 45.3 Å². The first-order valence-corrected chi connectivity index (χ1v) is 7.60. The second kappa shape index (κ2) is 10.3. The van der Waals surface area contributed by atoms with Crippen LogP contribution in [0.15, 0.2) is 73.7 Å². The van der Waals surface area contributed by atoms with E-state index in [1.165, 1.54) is 0 Å². The van der Waals surface area contributed by atoms with Crippen LogP contribution < -0.4 is 0 Å². The fraction of sp³-hybridized carbons (Fsp3) is 0.158. The van der Waals surface area contributed by atoms with Crippen LogP contribution in [0.4, 0.5) is 0 Å². The van der Waals surface area contributed by atoms with Gasteiger partial charge in [0.2, 0.25) is 0 Å². The topological polar surface area (TPSA) is 69.2 Å². The Morgan fingerprint density at radius 3 is 2.32 bits per heavy atom. The van der Waals surface area contributed by atoms with Gasteiger partial charge in [-0.3, -0.25) is 0 Å². The van der Waals surface area contributed by atoms with E-state index in [2.05, 4.69) is 16.5 Å². The van der Waals surface area contributed by atoms with E-state index in [0.29, 0.717) is 12.1 Å². The number of carboxylic acids is 1. The van der Waals surface area contributed by atoms with Crippen LogP contribution in [0.1, 0.15) is 11.3 Å². The van der Waals surface area contributed by atoms with Crippen LogP contribution in [-0.2, 0) is 28.3 Å². The van der Waals surface area contributed by atoms with Crippen LogP contribution in [0.2, 0.25) is 0 Å². The number of aliphatic carboxylic acids is 1. The molecule has 6 heteroatoms. The Hall–Kier alpha value is -2.56. The molecular formula is C19H21FeN3O2-6. The van der Waals surface area contributed by atoms with Crippen LogP contribution in [-0.4, -0.2) is 39.0 Å². The number of nitrogens with one attached hydrogen (secondary N) is 1. The predicted molar refractivity (Wildman–Crippen MR) is 94.6 cm³/mol. The molecule has 0 saturated carbocycles. The van der Waals surface area contributed by atoms with Gasteiger partial charge in [-0.25, -0.2) is 9.78 Å². The number of likely N-dealkylation sites (N-methyl/N-ethyl adjacent to an activating group) is 1. The number of H-pyrrole nitrogens is 1. The number of rotatable bonds is 6. The van der Waals surface area contributed by atoms with Crippen molar-refractivity contribution in [2.75, 3.05) is 7.05 Å². The molecule has 2 aromatic carbocycles. The second-order valence-corrected chi connectivity index (χ2v) is 5.33. The molecule has 0 aliphatic heterocycles. The molecule has 2 N–H and O–H groups in total. The normalized spacial score (nSPS) is 10.8. The van der Waals surface area contributed by atoms with Gasteiger partial charge in [0, 0.05) is 42.4 Å². The van der Waals surface area contributed by atoms with Gasteiger partial charge in [0.15, 0.2) is 0 Å². The summed E-state index contributed by atoms with van der Waals surface area (Å²) in [5, 5.41) is 9.37. The standard InChI is InChI=1S/C14H16N3O2.C5H5.Fe/c1-10(11-5-3-4-6-11)17(2)13(14(18)19)7-12-8-15-9-16-12;1-2-4-5-3-1;/h3-6,8-9,13H,1,7H2,2H3,(H,15,16)(H,18,19);1-5H;/q-1;-5;. The van der Waals surface area contributed by atoms with Crippen molar-refractivity contribution in [1.29, 1.82) is 0 Å². The minimum atomic E-state index is -0.884. The summed E-state index contributed by atoms with van der Waals surface area (Å²) in [5.41, 5.74) is 2.41. The Labute approximate surface area is 158 Å². The maximum absolute atomic E-state index is 11.4. The Morgan fingerprint density at radius 1 is 1.32 bits per heavy atom. The number of aromatic amines is 1. The fourth-order valence-electron chi connectivity index (χ4n) is 2.27. The number of carboxylic acid groups (broad SMARTS) is 1. The van der Waals surface area contributed by atoms with Crippen molar-refractivity contribution in [2.45, 2.75) is 12.5 Å². The van der Waals surface area contributed by atoms with Gasteiger partial charge in [0.05, 0.1) is 6.33 Å². The van der Waals surface area contributed by atoms with Crippen molar-refractivity contribution in [3.8, 4) is 0 Å². The van der Waals surface area contributed by atoms with Crippen molar-refractivity contribution >= 4 is 11.7 Å². The Bertz CT molecular complexity index is 702. The summed E-state index contributed by atoms with van der Waals surface area (Å²) in [6.45, 7) is 3.97. The van der Waals surface area contributed by atoms with Gasteiger partial charge in [-0.05, 0) is 5.70 Å². The fourth-order valence-corrected chi connectivity index (χ4v) is 2.27. The number of hydrogen-bond acceptors (Lipinski definition) is 3. The molecular weight excluding hydrogens is 358 g/mol. The van der Waals surface area contributed by atoms with Crippen molar-refractivity contribution in [3.05, 3.63) is 85.0 Å². The zero-order valence-corrected chi connectivity index (χ0v) is 15.1. The van der Waals surface area contributed by atoms with E-state index in [4.69, 9.17) is 0 Å². The molecule has 1 aromatic heterocycles. The van der Waals surface area contributed by atoms with Gasteiger partial charge in [0.25, 0.3) is 0 Å². The van der Waals surface area contributed by atoms with Crippen LogP contribution in [0.25, 0.3) is 5.70 Å². The van der Waals surface area contributed by atoms with E-state index in [9.17, 15) is 9.90 Å². The molecule has 3 rings (SSSR count). The molecule has 0 saturated heterocycles. The van der Waals surface area contributed by atoms with E-state index in [1.54, 1.807) is 24.5 Å². The molecule has 1 heterocycles. The molecule has 1 unspecified atom stereocenters. The summed E-state index contributed by atoms with van der Waals surface area (Å²) in [4.78, 5) is 19.9. The van der Waals surface area contributed by atoms with Crippen LogP contribution in [0.5, 0.6) is 0 Å². The molecule has 0 spiro atoms. The van der Waals surface area contributed by atoms with Crippen molar-refractivity contribution in [1.82, 2.24) is 14.9 Å². The maximum atomic E-state index is 11.4. The zero-order valence-electron chi connectivity index (χ0n) is 13.9.